The van der Waals surface area contributed by atoms with Crippen LogP contribution in [0.1, 0.15) is 36.0 Å². The summed E-state index contributed by atoms with van der Waals surface area (Å²) in [6.45, 7) is 2.25. The lowest BCUT2D eigenvalue weighted by atomic mass is 9.89. The summed E-state index contributed by atoms with van der Waals surface area (Å²) in [6, 6.07) is 0. The van der Waals surface area contributed by atoms with Gasteiger partial charge in [-0.15, -0.1) is 11.3 Å². The molecule has 112 valence electrons. The number of nitrogens with zero attached hydrogens (tertiary/aromatic N) is 1. The van der Waals surface area contributed by atoms with Gasteiger partial charge in [-0.05, 0) is 30.7 Å². The molecular weight excluding hydrogens is 286 g/mol. The zero-order chi connectivity index (χ0) is 15.0. The molecule has 2 aromatic heterocycles. The summed E-state index contributed by atoms with van der Waals surface area (Å²) in [5.41, 5.74) is 1.14. The standard InChI is InChI=1S/C15H19N3O2S/c1-8-3-4-9-10(7-8)21-15-13(9)14(20)17-11(18-15)5-6-12(19)16-2/h8H,3-7H2,1-2H3,(H,16,19)(H,17,18,20)/t8-/m0/s1. The molecule has 0 fully saturated rings. The smallest absolute Gasteiger partial charge is 0.259 e. The van der Waals surface area contributed by atoms with Crippen LogP contribution < -0.4 is 10.9 Å². The number of thiophene rings is 1. The lowest BCUT2D eigenvalue weighted by Gasteiger charge is -2.17. The van der Waals surface area contributed by atoms with Crippen molar-refractivity contribution in [3.05, 3.63) is 26.6 Å². The Bertz CT molecular complexity index is 747. The van der Waals surface area contributed by atoms with E-state index < -0.39 is 0 Å². The van der Waals surface area contributed by atoms with E-state index in [4.69, 9.17) is 0 Å². The van der Waals surface area contributed by atoms with E-state index in [2.05, 4.69) is 22.2 Å². The summed E-state index contributed by atoms with van der Waals surface area (Å²) in [7, 11) is 1.61. The highest BCUT2D eigenvalue weighted by Gasteiger charge is 2.22. The van der Waals surface area contributed by atoms with Crippen LogP contribution in [-0.4, -0.2) is 22.9 Å². The van der Waals surface area contributed by atoms with Crippen LogP contribution in [0.15, 0.2) is 4.79 Å². The Kier molecular flexibility index (Phi) is 3.80. The summed E-state index contributed by atoms with van der Waals surface area (Å²) < 4.78 is 0. The topological polar surface area (TPSA) is 74.8 Å². The first-order valence-corrected chi connectivity index (χ1v) is 8.14. The third kappa shape index (κ3) is 2.72. The summed E-state index contributed by atoms with van der Waals surface area (Å²) in [5.74, 6) is 1.23. The number of hydrogen-bond acceptors (Lipinski definition) is 4. The molecule has 0 bridgehead atoms. The van der Waals surface area contributed by atoms with Gasteiger partial charge in [-0.25, -0.2) is 4.98 Å². The molecule has 0 saturated heterocycles. The largest absolute Gasteiger partial charge is 0.359 e. The van der Waals surface area contributed by atoms with Crippen LogP contribution in [0.3, 0.4) is 0 Å². The Morgan fingerprint density at radius 1 is 1.52 bits per heavy atom. The van der Waals surface area contributed by atoms with E-state index in [1.54, 1.807) is 18.4 Å². The first-order valence-electron chi connectivity index (χ1n) is 7.32. The van der Waals surface area contributed by atoms with Crippen molar-refractivity contribution in [2.75, 3.05) is 7.05 Å². The number of nitrogens with one attached hydrogen (secondary N) is 2. The van der Waals surface area contributed by atoms with E-state index in [0.29, 0.717) is 24.6 Å². The van der Waals surface area contributed by atoms with Crippen molar-refractivity contribution in [2.45, 2.75) is 39.0 Å². The van der Waals surface area contributed by atoms with E-state index in [1.165, 1.54) is 10.4 Å². The lowest BCUT2D eigenvalue weighted by Crippen LogP contribution is -2.20. The van der Waals surface area contributed by atoms with Gasteiger partial charge in [0.05, 0.1) is 5.39 Å². The molecule has 0 unspecified atom stereocenters. The fourth-order valence-corrected chi connectivity index (χ4v) is 4.27. The molecular formula is C15H19N3O2S. The van der Waals surface area contributed by atoms with Gasteiger partial charge in [0.1, 0.15) is 10.7 Å². The van der Waals surface area contributed by atoms with Gasteiger partial charge in [-0.2, -0.15) is 0 Å². The Morgan fingerprint density at radius 2 is 2.33 bits per heavy atom. The van der Waals surface area contributed by atoms with Crippen LogP contribution in [0.2, 0.25) is 0 Å². The van der Waals surface area contributed by atoms with Crippen molar-refractivity contribution in [3.8, 4) is 0 Å². The quantitative estimate of drug-likeness (QED) is 0.908. The van der Waals surface area contributed by atoms with Crippen LogP contribution in [0.5, 0.6) is 0 Å². The van der Waals surface area contributed by atoms with Gasteiger partial charge in [0, 0.05) is 24.8 Å². The Balaban J connectivity index is 1.97. The minimum Gasteiger partial charge on any atom is -0.359 e. The van der Waals surface area contributed by atoms with E-state index >= 15 is 0 Å². The van der Waals surface area contributed by atoms with Crippen LogP contribution in [0, 0.1) is 5.92 Å². The first-order chi connectivity index (χ1) is 10.1. The van der Waals surface area contributed by atoms with Gasteiger partial charge in [0.15, 0.2) is 0 Å². The van der Waals surface area contributed by atoms with Gasteiger partial charge in [-0.3, -0.25) is 9.59 Å². The van der Waals surface area contributed by atoms with Crippen LogP contribution in [0.25, 0.3) is 10.2 Å². The number of aromatic nitrogens is 2. The first kappa shape index (κ1) is 14.3. The molecule has 1 atom stereocenters. The molecule has 1 aliphatic carbocycles. The highest BCUT2D eigenvalue weighted by Crippen LogP contribution is 2.35. The maximum atomic E-state index is 12.3. The number of aryl methyl sites for hydroxylation is 2. The van der Waals surface area contributed by atoms with Gasteiger partial charge < -0.3 is 10.3 Å². The fourth-order valence-electron chi connectivity index (χ4n) is 2.87. The second-order valence-corrected chi connectivity index (χ2v) is 6.80. The molecule has 21 heavy (non-hydrogen) atoms. The van der Waals surface area contributed by atoms with Crippen molar-refractivity contribution >= 4 is 27.5 Å². The van der Waals surface area contributed by atoms with Gasteiger partial charge in [0.2, 0.25) is 5.91 Å². The van der Waals surface area contributed by atoms with Gasteiger partial charge in [-0.1, -0.05) is 6.92 Å². The average molecular weight is 305 g/mol. The molecule has 0 saturated carbocycles. The minimum absolute atomic E-state index is 0.0444. The van der Waals surface area contributed by atoms with Crippen molar-refractivity contribution in [2.24, 2.45) is 5.92 Å². The number of carbonyl (C=O) groups excluding carboxylic acids is 1. The van der Waals surface area contributed by atoms with Gasteiger partial charge >= 0.3 is 0 Å². The zero-order valence-corrected chi connectivity index (χ0v) is 13.1. The fraction of sp³-hybridized carbons (Fsp3) is 0.533. The maximum Gasteiger partial charge on any atom is 0.259 e. The summed E-state index contributed by atoms with van der Waals surface area (Å²) in [6.07, 6.45) is 3.95. The highest BCUT2D eigenvalue weighted by atomic mass is 32.1. The number of rotatable bonds is 3. The summed E-state index contributed by atoms with van der Waals surface area (Å²) in [4.78, 5) is 33.2. The van der Waals surface area contributed by atoms with E-state index in [1.807, 2.05) is 0 Å². The van der Waals surface area contributed by atoms with Crippen LogP contribution >= 0.6 is 11.3 Å². The van der Waals surface area contributed by atoms with Crippen LogP contribution in [-0.2, 0) is 24.1 Å². The number of H-pyrrole nitrogens is 1. The SMILES string of the molecule is CNC(=O)CCc1nc2sc3c(c2c(=O)[nH]1)CC[C@H](C)C3. The molecule has 1 amide bonds. The molecule has 0 aromatic carbocycles. The normalized spacial score (nSPS) is 17.7. The molecule has 0 spiro atoms. The van der Waals surface area contributed by atoms with Crippen molar-refractivity contribution in [3.63, 3.8) is 0 Å². The molecule has 0 radical (unpaired) electrons. The molecule has 0 aliphatic heterocycles. The maximum absolute atomic E-state index is 12.3. The Hall–Kier alpha value is -1.69. The highest BCUT2D eigenvalue weighted by molar-refractivity contribution is 7.18. The summed E-state index contributed by atoms with van der Waals surface area (Å²) >= 11 is 1.64. The van der Waals surface area contributed by atoms with Crippen molar-refractivity contribution < 1.29 is 4.79 Å². The zero-order valence-electron chi connectivity index (χ0n) is 12.3. The molecule has 3 rings (SSSR count). The summed E-state index contributed by atoms with van der Waals surface area (Å²) in [5, 5.41) is 3.34. The van der Waals surface area contributed by atoms with E-state index in [0.717, 1.165) is 29.5 Å². The molecule has 2 N–H and O–H groups in total. The third-order valence-electron chi connectivity index (χ3n) is 4.08. The number of hydrogen-bond donors (Lipinski definition) is 2. The molecule has 5 nitrogen and oxygen atoms in total. The second-order valence-electron chi connectivity index (χ2n) is 5.72. The number of fused-ring (bicyclic) bond motifs is 3. The number of amides is 1. The number of carbonyl (C=O) groups is 1. The second kappa shape index (κ2) is 5.60. The predicted molar refractivity (Wildman–Crippen MR) is 83.8 cm³/mol. The average Bonchev–Trinajstić information content (AvgIpc) is 2.82. The minimum atomic E-state index is -0.0565. The molecule has 1 aliphatic rings. The lowest BCUT2D eigenvalue weighted by molar-refractivity contribution is -0.120. The third-order valence-corrected chi connectivity index (χ3v) is 5.23. The predicted octanol–water partition coefficient (Wildman–Crippen LogP) is 1.79. The monoisotopic (exact) mass is 305 g/mol. The van der Waals surface area contributed by atoms with Crippen molar-refractivity contribution in [1.29, 1.82) is 0 Å². The molecule has 2 heterocycles. The van der Waals surface area contributed by atoms with Crippen molar-refractivity contribution in [1.82, 2.24) is 15.3 Å². The molecule has 6 heteroatoms. The van der Waals surface area contributed by atoms with E-state index in [-0.39, 0.29) is 11.5 Å². The van der Waals surface area contributed by atoms with E-state index in [9.17, 15) is 9.59 Å². The Morgan fingerprint density at radius 3 is 3.10 bits per heavy atom. The van der Waals surface area contributed by atoms with Gasteiger partial charge in [0.25, 0.3) is 5.56 Å². The molecule has 2 aromatic rings. The Labute approximate surface area is 126 Å². The van der Waals surface area contributed by atoms with Crippen LogP contribution in [0.4, 0.5) is 0 Å². The number of aromatic amines is 1.